The Morgan fingerprint density at radius 1 is 0.241 bits per heavy atom. The van der Waals surface area contributed by atoms with Crippen molar-refractivity contribution in [1.82, 2.24) is 0 Å². The molecule has 0 bridgehead atoms. The largest absolute Gasteiger partial charge is 0.379 e. The minimum Gasteiger partial charge on any atom is -0.379 e. The van der Waals surface area contributed by atoms with Crippen LogP contribution in [0.4, 0.5) is 0 Å². The van der Waals surface area contributed by atoms with Gasteiger partial charge in [-0.1, -0.05) is 0 Å². The van der Waals surface area contributed by atoms with Gasteiger partial charge in [0.05, 0.1) is 106 Å². The van der Waals surface area contributed by atoms with Gasteiger partial charge in [0.2, 0.25) is 0 Å². The molecule has 176 valence electrons. The third-order valence-electron chi connectivity index (χ3n) is 3.38. The van der Waals surface area contributed by atoms with Crippen LogP contribution in [0.25, 0.3) is 0 Å². The molecule has 0 saturated carbocycles. The number of ether oxygens (including phenoxy) is 9. The summed E-state index contributed by atoms with van der Waals surface area (Å²) in [4.78, 5) is 0. The van der Waals surface area contributed by atoms with E-state index in [-0.39, 0.29) is 0 Å². The van der Waals surface area contributed by atoms with Crippen LogP contribution in [-0.2, 0) is 42.6 Å². The van der Waals surface area contributed by atoms with Gasteiger partial charge in [-0.2, -0.15) is 0 Å². The van der Waals surface area contributed by atoms with Gasteiger partial charge in [-0.3, -0.25) is 0 Å². The predicted octanol–water partition coefficient (Wildman–Crippen LogP) is 1.18. The number of rotatable bonds is 26. The molecule has 9 heteroatoms. The highest BCUT2D eigenvalue weighted by atomic mass is 16.6. The quantitative estimate of drug-likeness (QED) is 0.189. The standard InChI is InChI=1S/C20H42O9/c1-3-21-5-7-23-9-11-25-13-15-27-17-19-29-20-18-28-16-14-26-12-10-24-8-6-22-4-2/h3-20H2,1-2H3. The molecule has 0 spiro atoms. The maximum Gasteiger partial charge on any atom is 0.0701 e. The van der Waals surface area contributed by atoms with Crippen LogP contribution in [0, 0.1) is 0 Å². The van der Waals surface area contributed by atoms with Crippen LogP contribution in [0.15, 0.2) is 0 Å². The molecule has 0 atom stereocenters. The lowest BCUT2D eigenvalue weighted by atomic mass is 10.6. The van der Waals surface area contributed by atoms with Gasteiger partial charge in [0, 0.05) is 13.2 Å². The molecule has 29 heavy (non-hydrogen) atoms. The van der Waals surface area contributed by atoms with E-state index in [4.69, 9.17) is 42.6 Å². The molecule has 9 nitrogen and oxygen atoms in total. The molecule has 0 heterocycles. The molecule has 0 aliphatic carbocycles. The Kier molecular flexibility index (Phi) is 27.3. The minimum atomic E-state index is 0.541. The zero-order chi connectivity index (χ0) is 21.1. The summed E-state index contributed by atoms with van der Waals surface area (Å²) in [5.41, 5.74) is 0. The zero-order valence-corrected chi connectivity index (χ0v) is 18.4. The van der Waals surface area contributed by atoms with Gasteiger partial charge in [0.25, 0.3) is 0 Å². The zero-order valence-electron chi connectivity index (χ0n) is 18.4. The molecule has 0 aromatic rings. The van der Waals surface area contributed by atoms with Crippen molar-refractivity contribution >= 4 is 0 Å². The average Bonchev–Trinajstić information content (AvgIpc) is 2.74. The van der Waals surface area contributed by atoms with Crippen LogP contribution in [0.5, 0.6) is 0 Å². The molecule has 0 unspecified atom stereocenters. The summed E-state index contributed by atoms with van der Waals surface area (Å²) in [5, 5.41) is 0. The third-order valence-corrected chi connectivity index (χ3v) is 3.38. The lowest BCUT2D eigenvalue weighted by Crippen LogP contribution is -2.15. The fourth-order valence-corrected chi connectivity index (χ4v) is 1.95. The van der Waals surface area contributed by atoms with Gasteiger partial charge < -0.3 is 42.6 Å². The van der Waals surface area contributed by atoms with Gasteiger partial charge in [-0.05, 0) is 13.8 Å². The highest BCUT2D eigenvalue weighted by Gasteiger charge is 1.95. The molecule has 0 rings (SSSR count). The molecule has 0 amide bonds. The SMILES string of the molecule is CCOCCOCCOCCOCCOCCOCCOCCOCCOCC. The summed E-state index contributed by atoms with van der Waals surface area (Å²) in [6.07, 6.45) is 0. The van der Waals surface area contributed by atoms with Gasteiger partial charge in [-0.15, -0.1) is 0 Å². The van der Waals surface area contributed by atoms with Crippen LogP contribution in [0.1, 0.15) is 13.8 Å². The van der Waals surface area contributed by atoms with Crippen LogP contribution >= 0.6 is 0 Å². The van der Waals surface area contributed by atoms with Crippen molar-refractivity contribution in [1.29, 1.82) is 0 Å². The van der Waals surface area contributed by atoms with E-state index in [1.54, 1.807) is 0 Å². The van der Waals surface area contributed by atoms with Crippen molar-refractivity contribution in [2.24, 2.45) is 0 Å². The highest BCUT2D eigenvalue weighted by Crippen LogP contribution is 1.86. The summed E-state index contributed by atoms with van der Waals surface area (Å²) >= 11 is 0. The monoisotopic (exact) mass is 426 g/mol. The summed E-state index contributed by atoms with van der Waals surface area (Å²) in [7, 11) is 0. The van der Waals surface area contributed by atoms with Crippen molar-refractivity contribution in [3.05, 3.63) is 0 Å². The van der Waals surface area contributed by atoms with Crippen LogP contribution in [-0.4, -0.2) is 119 Å². The van der Waals surface area contributed by atoms with Crippen molar-refractivity contribution in [3.8, 4) is 0 Å². The van der Waals surface area contributed by atoms with E-state index in [0.29, 0.717) is 106 Å². The normalized spacial score (nSPS) is 11.4. The Morgan fingerprint density at radius 2 is 0.379 bits per heavy atom. The van der Waals surface area contributed by atoms with Crippen molar-refractivity contribution in [3.63, 3.8) is 0 Å². The molecule has 0 radical (unpaired) electrons. The average molecular weight is 427 g/mol. The molecule has 0 aromatic heterocycles. The first-order valence-electron chi connectivity index (χ1n) is 10.6. The second-order valence-corrected chi connectivity index (χ2v) is 5.68. The number of hydrogen-bond acceptors (Lipinski definition) is 9. The van der Waals surface area contributed by atoms with E-state index >= 15 is 0 Å². The van der Waals surface area contributed by atoms with Crippen molar-refractivity contribution < 1.29 is 42.6 Å². The Bertz CT molecular complexity index is 257. The minimum absolute atomic E-state index is 0.541. The predicted molar refractivity (Wildman–Crippen MR) is 109 cm³/mol. The van der Waals surface area contributed by atoms with Gasteiger partial charge in [-0.25, -0.2) is 0 Å². The van der Waals surface area contributed by atoms with Crippen molar-refractivity contribution in [2.75, 3.05) is 119 Å². The summed E-state index contributed by atoms with van der Waals surface area (Å²) in [6, 6.07) is 0. The van der Waals surface area contributed by atoms with Crippen LogP contribution < -0.4 is 0 Å². The molecule has 0 aliphatic heterocycles. The second-order valence-electron chi connectivity index (χ2n) is 5.68. The van der Waals surface area contributed by atoms with E-state index < -0.39 is 0 Å². The first-order chi connectivity index (χ1) is 14.4. The first-order valence-corrected chi connectivity index (χ1v) is 10.6. The summed E-state index contributed by atoms with van der Waals surface area (Å²) in [6.45, 7) is 14.5. The maximum absolute atomic E-state index is 5.42. The van der Waals surface area contributed by atoms with E-state index in [0.717, 1.165) is 13.2 Å². The van der Waals surface area contributed by atoms with E-state index in [1.165, 1.54) is 0 Å². The maximum atomic E-state index is 5.42. The second kappa shape index (κ2) is 27.6. The fourth-order valence-electron chi connectivity index (χ4n) is 1.95. The van der Waals surface area contributed by atoms with Gasteiger partial charge >= 0.3 is 0 Å². The van der Waals surface area contributed by atoms with Crippen LogP contribution in [0.3, 0.4) is 0 Å². The molecule has 0 saturated heterocycles. The van der Waals surface area contributed by atoms with Crippen LogP contribution in [0.2, 0.25) is 0 Å². The lowest BCUT2D eigenvalue weighted by molar-refractivity contribution is -0.0246. The van der Waals surface area contributed by atoms with E-state index in [2.05, 4.69) is 0 Å². The first kappa shape index (κ1) is 28.6. The van der Waals surface area contributed by atoms with E-state index in [9.17, 15) is 0 Å². The highest BCUT2D eigenvalue weighted by molar-refractivity contribution is 4.37. The molecule has 0 fully saturated rings. The topological polar surface area (TPSA) is 83.1 Å². The Hall–Kier alpha value is -0.360. The van der Waals surface area contributed by atoms with Gasteiger partial charge in [0.1, 0.15) is 0 Å². The lowest BCUT2D eigenvalue weighted by Gasteiger charge is -2.08. The van der Waals surface area contributed by atoms with Crippen molar-refractivity contribution in [2.45, 2.75) is 13.8 Å². The molecule has 0 aliphatic rings. The fraction of sp³-hybridized carbons (Fsp3) is 1.00. The molecule has 0 aromatic carbocycles. The summed E-state index contributed by atoms with van der Waals surface area (Å²) in [5.74, 6) is 0. The Labute approximate surface area is 176 Å². The third kappa shape index (κ3) is 27.6. The summed E-state index contributed by atoms with van der Waals surface area (Å²) < 4.78 is 48.0. The van der Waals surface area contributed by atoms with Gasteiger partial charge in [0.15, 0.2) is 0 Å². The molecular formula is C20H42O9. The number of hydrogen-bond donors (Lipinski definition) is 0. The van der Waals surface area contributed by atoms with E-state index in [1.807, 2.05) is 13.8 Å². The molecular weight excluding hydrogens is 384 g/mol. The smallest absolute Gasteiger partial charge is 0.0701 e. The molecule has 0 N–H and O–H groups in total. The Morgan fingerprint density at radius 3 is 0.517 bits per heavy atom. The Balaban J connectivity index is 2.97.